The van der Waals surface area contributed by atoms with Gasteiger partial charge in [0, 0.05) is 32.3 Å². The van der Waals surface area contributed by atoms with E-state index >= 15 is 0 Å². The summed E-state index contributed by atoms with van der Waals surface area (Å²) in [5.41, 5.74) is 1.75. The second-order valence-corrected chi connectivity index (χ2v) is 10.3. The molecule has 2 aromatic heterocycles. The Morgan fingerprint density at radius 2 is 1.97 bits per heavy atom. The molecule has 0 aliphatic carbocycles. The monoisotopic (exact) mass is 500 g/mol. The number of thioether (sulfide) groups is 1. The first-order valence-corrected chi connectivity index (χ1v) is 12.8. The maximum absolute atomic E-state index is 13.5. The van der Waals surface area contributed by atoms with Gasteiger partial charge in [0.25, 0.3) is 11.5 Å². The minimum Gasteiger partial charge on any atom is -0.481 e. The molecular formula is C24H28N4O4S2. The topological polar surface area (TPSA) is 95.2 Å². The van der Waals surface area contributed by atoms with E-state index in [-0.39, 0.29) is 17.9 Å². The van der Waals surface area contributed by atoms with Crippen molar-refractivity contribution < 1.29 is 14.7 Å². The first-order valence-electron chi connectivity index (χ1n) is 11.6. The minimum atomic E-state index is -0.816. The number of hydrogen-bond acceptors (Lipinski definition) is 7. The van der Waals surface area contributed by atoms with Gasteiger partial charge in [-0.3, -0.25) is 23.7 Å². The molecule has 0 bridgehead atoms. The first kappa shape index (κ1) is 24.4. The lowest BCUT2D eigenvalue weighted by atomic mass is 10.1. The summed E-state index contributed by atoms with van der Waals surface area (Å²) < 4.78 is 2.00. The quantitative estimate of drug-likeness (QED) is 0.332. The average Bonchev–Trinajstić information content (AvgIpc) is 3.08. The number of carbonyl (C=O) groups is 2. The molecule has 10 heteroatoms. The number of piperidine rings is 1. The SMILES string of the molecule is Cc1cccn2c(=O)c(/C=C3/SC(=S)N(CCCCCC(=O)O)C3=O)c(N3CCCCC3)nc12. The van der Waals surface area contributed by atoms with Crippen molar-refractivity contribution in [1.82, 2.24) is 14.3 Å². The number of aryl methyl sites for hydroxylation is 1. The number of nitrogens with zero attached hydrogens (tertiary/aromatic N) is 4. The second kappa shape index (κ2) is 10.7. The molecule has 0 spiro atoms. The van der Waals surface area contributed by atoms with Crippen LogP contribution in [0.15, 0.2) is 28.0 Å². The van der Waals surface area contributed by atoms with E-state index in [0.717, 1.165) is 37.9 Å². The van der Waals surface area contributed by atoms with Gasteiger partial charge in [0.1, 0.15) is 15.8 Å². The van der Waals surface area contributed by atoms with Crippen LogP contribution in [0, 0.1) is 6.92 Å². The maximum atomic E-state index is 13.5. The molecule has 0 atom stereocenters. The molecule has 2 fully saturated rings. The van der Waals surface area contributed by atoms with Crippen molar-refractivity contribution in [3.05, 3.63) is 44.7 Å². The minimum absolute atomic E-state index is 0.121. The molecule has 2 aliphatic heterocycles. The number of aromatic nitrogens is 2. The van der Waals surface area contributed by atoms with Gasteiger partial charge >= 0.3 is 5.97 Å². The molecule has 8 nitrogen and oxygen atoms in total. The van der Waals surface area contributed by atoms with Crippen LogP contribution < -0.4 is 10.5 Å². The number of unbranched alkanes of at least 4 members (excludes halogenated alkanes) is 2. The molecular weight excluding hydrogens is 472 g/mol. The zero-order chi connectivity index (χ0) is 24.2. The van der Waals surface area contributed by atoms with E-state index in [0.29, 0.717) is 52.1 Å². The van der Waals surface area contributed by atoms with Crippen molar-refractivity contribution in [3.63, 3.8) is 0 Å². The van der Waals surface area contributed by atoms with Crippen molar-refractivity contribution >= 4 is 57.7 Å². The normalized spacial score (nSPS) is 17.9. The third kappa shape index (κ3) is 5.17. The molecule has 1 N–H and O–H groups in total. The van der Waals surface area contributed by atoms with Gasteiger partial charge in [-0.2, -0.15) is 0 Å². The summed E-state index contributed by atoms with van der Waals surface area (Å²) in [5, 5.41) is 8.77. The van der Waals surface area contributed by atoms with Crippen molar-refractivity contribution in [3.8, 4) is 0 Å². The lowest BCUT2D eigenvalue weighted by molar-refractivity contribution is -0.137. The van der Waals surface area contributed by atoms with Gasteiger partial charge in [-0.15, -0.1) is 0 Å². The smallest absolute Gasteiger partial charge is 0.303 e. The van der Waals surface area contributed by atoms with Crippen LogP contribution in [0.2, 0.25) is 0 Å². The summed E-state index contributed by atoms with van der Waals surface area (Å²) in [6, 6.07) is 3.75. The molecule has 34 heavy (non-hydrogen) atoms. The Morgan fingerprint density at radius 3 is 2.71 bits per heavy atom. The molecule has 0 unspecified atom stereocenters. The largest absolute Gasteiger partial charge is 0.481 e. The van der Waals surface area contributed by atoms with Crippen LogP contribution in [-0.2, 0) is 9.59 Å². The maximum Gasteiger partial charge on any atom is 0.303 e. The Kier molecular flexibility index (Phi) is 7.67. The van der Waals surface area contributed by atoms with Crippen LogP contribution in [0.5, 0.6) is 0 Å². The molecule has 2 aliphatic rings. The summed E-state index contributed by atoms with van der Waals surface area (Å²) in [6.45, 7) is 4.02. The lowest BCUT2D eigenvalue weighted by Gasteiger charge is -2.29. The molecule has 0 aromatic carbocycles. The number of rotatable bonds is 8. The van der Waals surface area contributed by atoms with Gasteiger partial charge in [0.2, 0.25) is 0 Å². The fourth-order valence-electron chi connectivity index (χ4n) is 4.32. The number of carboxylic acid groups (broad SMARTS) is 1. The summed E-state index contributed by atoms with van der Waals surface area (Å²) >= 11 is 6.64. The Bertz CT molecular complexity index is 1220. The predicted octanol–water partition coefficient (Wildman–Crippen LogP) is 3.84. The van der Waals surface area contributed by atoms with E-state index in [9.17, 15) is 14.4 Å². The predicted molar refractivity (Wildman–Crippen MR) is 138 cm³/mol. The van der Waals surface area contributed by atoms with Crippen molar-refractivity contribution in [2.24, 2.45) is 0 Å². The number of pyridine rings is 1. The molecule has 0 radical (unpaired) electrons. The highest BCUT2D eigenvalue weighted by atomic mass is 32.2. The average molecular weight is 501 g/mol. The summed E-state index contributed by atoms with van der Waals surface area (Å²) in [6.07, 6.45) is 8.66. The fourth-order valence-corrected chi connectivity index (χ4v) is 5.61. The molecule has 2 aromatic rings. The summed E-state index contributed by atoms with van der Waals surface area (Å²) in [7, 11) is 0. The zero-order valence-electron chi connectivity index (χ0n) is 19.2. The highest BCUT2D eigenvalue weighted by Gasteiger charge is 2.32. The number of carboxylic acids is 1. The van der Waals surface area contributed by atoms with Gasteiger partial charge in [-0.25, -0.2) is 4.98 Å². The summed E-state index contributed by atoms with van der Waals surface area (Å²) in [5.74, 6) is -0.409. The Hall–Kier alpha value is -2.72. The van der Waals surface area contributed by atoms with Crippen LogP contribution in [0.1, 0.15) is 56.1 Å². The van der Waals surface area contributed by atoms with Crippen LogP contribution in [0.25, 0.3) is 11.7 Å². The van der Waals surface area contributed by atoms with Crippen molar-refractivity contribution in [2.75, 3.05) is 24.5 Å². The van der Waals surface area contributed by atoms with Gasteiger partial charge in [-0.05, 0) is 56.7 Å². The van der Waals surface area contributed by atoms with Crippen molar-refractivity contribution in [2.45, 2.75) is 51.9 Å². The molecule has 0 saturated carbocycles. The Balaban J connectivity index is 1.65. The Morgan fingerprint density at radius 1 is 1.21 bits per heavy atom. The standard InChI is InChI=1S/C24H28N4O4S2/c1-16-9-8-14-27-20(16)25-21(26-11-5-3-6-12-26)17(22(27)31)15-18-23(32)28(24(33)34-18)13-7-2-4-10-19(29)30/h8-9,14-15H,2-7,10-13H2,1H3,(H,29,30)/b18-15+. The van der Waals surface area contributed by atoms with E-state index in [2.05, 4.69) is 4.90 Å². The first-order chi connectivity index (χ1) is 16.4. The molecule has 4 rings (SSSR count). The van der Waals surface area contributed by atoms with Gasteiger partial charge in [-0.1, -0.05) is 36.5 Å². The van der Waals surface area contributed by atoms with E-state index in [1.54, 1.807) is 17.2 Å². The van der Waals surface area contributed by atoms with Crippen molar-refractivity contribution in [1.29, 1.82) is 0 Å². The highest BCUT2D eigenvalue weighted by Crippen LogP contribution is 2.34. The number of carbonyl (C=O) groups excluding carboxylic acids is 1. The van der Waals surface area contributed by atoms with E-state index < -0.39 is 5.97 Å². The Labute approximate surface area is 207 Å². The number of amides is 1. The van der Waals surface area contributed by atoms with Crippen LogP contribution in [-0.4, -0.2) is 55.2 Å². The van der Waals surface area contributed by atoms with Crippen LogP contribution in [0.4, 0.5) is 5.82 Å². The molecule has 1 amide bonds. The number of thiocarbonyl (C=S) groups is 1. The number of aliphatic carboxylic acids is 1. The van der Waals surface area contributed by atoms with Gasteiger partial charge < -0.3 is 10.0 Å². The summed E-state index contributed by atoms with van der Waals surface area (Å²) in [4.78, 5) is 46.3. The zero-order valence-corrected chi connectivity index (χ0v) is 20.8. The third-order valence-electron chi connectivity index (χ3n) is 6.14. The number of fused-ring (bicyclic) bond motifs is 1. The van der Waals surface area contributed by atoms with Gasteiger partial charge in [0.15, 0.2) is 0 Å². The van der Waals surface area contributed by atoms with E-state index in [4.69, 9.17) is 22.3 Å². The van der Waals surface area contributed by atoms with Crippen LogP contribution in [0.3, 0.4) is 0 Å². The van der Waals surface area contributed by atoms with E-state index in [1.807, 2.05) is 19.1 Å². The molecule has 2 saturated heterocycles. The molecule has 4 heterocycles. The lowest BCUT2D eigenvalue weighted by Crippen LogP contribution is -2.34. The number of anilines is 1. The highest BCUT2D eigenvalue weighted by molar-refractivity contribution is 8.26. The van der Waals surface area contributed by atoms with E-state index in [1.165, 1.54) is 16.2 Å². The van der Waals surface area contributed by atoms with Crippen LogP contribution >= 0.6 is 24.0 Å². The van der Waals surface area contributed by atoms with Gasteiger partial charge in [0.05, 0.1) is 10.5 Å². The second-order valence-electron chi connectivity index (χ2n) is 8.62. The fraction of sp³-hybridized carbons (Fsp3) is 0.458. The molecule has 180 valence electrons. The third-order valence-corrected chi connectivity index (χ3v) is 7.52. The number of hydrogen-bond donors (Lipinski definition) is 1.